The molecule has 0 aromatic heterocycles. The van der Waals surface area contributed by atoms with E-state index in [1.54, 1.807) is 11.8 Å². The first-order valence-electron chi connectivity index (χ1n) is 6.93. The zero-order chi connectivity index (χ0) is 14.4. The Kier molecular flexibility index (Phi) is 5.88. The summed E-state index contributed by atoms with van der Waals surface area (Å²) < 4.78 is 5.01. The normalized spacial score (nSPS) is 18.3. The quantitative estimate of drug-likeness (QED) is 0.679. The lowest BCUT2D eigenvalue weighted by Crippen LogP contribution is -2.37. The number of carbonyl (C=O) groups excluding carboxylic acids is 1. The number of methoxy groups -OCH3 is 1. The van der Waals surface area contributed by atoms with Crippen molar-refractivity contribution in [1.29, 1.82) is 0 Å². The SMILES string of the molecule is COC(=O)C(c1ccc(SC)cc1)N1CCCNCC1. The van der Waals surface area contributed by atoms with Crippen LogP contribution in [0.2, 0.25) is 0 Å². The number of nitrogens with zero attached hydrogens (tertiary/aromatic N) is 1. The third-order valence-corrected chi connectivity index (χ3v) is 4.34. The van der Waals surface area contributed by atoms with E-state index in [0.717, 1.165) is 38.2 Å². The van der Waals surface area contributed by atoms with E-state index in [2.05, 4.69) is 22.3 Å². The highest BCUT2D eigenvalue weighted by atomic mass is 32.2. The van der Waals surface area contributed by atoms with Crippen LogP contribution in [0.4, 0.5) is 0 Å². The Morgan fingerprint density at radius 3 is 2.70 bits per heavy atom. The third-order valence-electron chi connectivity index (χ3n) is 3.60. The third kappa shape index (κ3) is 3.75. The topological polar surface area (TPSA) is 41.6 Å². The highest BCUT2D eigenvalue weighted by Crippen LogP contribution is 2.25. The molecule has 110 valence electrons. The van der Waals surface area contributed by atoms with E-state index in [1.165, 1.54) is 12.0 Å². The summed E-state index contributed by atoms with van der Waals surface area (Å²) in [4.78, 5) is 15.6. The molecule has 5 heteroatoms. The molecule has 4 nitrogen and oxygen atoms in total. The highest BCUT2D eigenvalue weighted by molar-refractivity contribution is 7.98. The van der Waals surface area contributed by atoms with Crippen molar-refractivity contribution in [1.82, 2.24) is 10.2 Å². The van der Waals surface area contributed by atoms with E-state index in [0.29, 0.717) is 0 Å². The van der Waals surface area contributed by atoms with Crippen molar-refractivity contribution in [3.63, 3.8) is 0 Å². The number of carbonyl (C=O) groups is 1. The van der Waals surface area contributed by atoms with Crippen molar-refractivity contribution in [3.05, 3.63) is 29.8 Å². The number of ether oxygens (including phenoxy) is 1. The summed E-state index contributed by atoms with van der Waals surface area (Å²) in [5.74, 6) is -0.177. The minimum absolute atomic E-state index is 0.177. The molecule has 1 saturated heterocycles. The van der Waals surface area contributed by atoms with Gasteiger partial charge in [-0.3, -0.25) is 4.90 Å². The van der Waals surface area contributed by atoms with Crippen molar-refractivity contribution in [2.24, 2.45) is 0 Å². The van der Waals surface area contributed by atoms with Crippen molar-refractivity contribution in [3.8, 4) is 0 Å². The molecule has 0 spiro atoms. The molecule has 0 aliphatic carbocycles. The van der Waals surface area contributed by atoms with Crippen LogP contribution >= 0.6 is 11.8 Å². The largest absolute Gasteiger partial charge is 0.468 e. The van der Waals surface area contributed by atoms with Gasteiger partial charge in [0.15, 0.2) is 0 Å². The highest BCUT2D eigenvalue weighted by Gasteiger charge is 2.28. The standard InChI is InChI=1S/C15H22N2O2S/c1-19-15(18)14(17-10-3-8-16-9-11-17)12-4-6-13(20-2)7-5-12/h4-7,14,16H,3,8-11H2,1-2H3. The Balaban J connectivity index is 2.23. The van der Waals surface area contributed by atoms with Gasteiger partial charge in [-0.05, 0) is 36.9 Å². The molecule has 1 N–H and O–H groups in total. The van der Waals surface area contributed by atoms with Gasteiger partial charge in [-0.15, -0.1) is 11.8 Å². The van der Waals surface area contributed by atoms with E-state index in [4.69, 9.17) is 4.74 Å². The monoisotopic (exact) mass is 294 g/mol. The first-order chi connectivity index (χ1) is 9.76. The number of hydrogen-bond acceptors (Lipinski definition) is 5. The number of hydrogen-bond donors (Lipinski definition) is 1. The van der Waals surface area contributed by atoms with E-state index >= 15 is 0 Å². The lowest BCUT2D eigenvalue weighted by Gasteiger charge is -2.28. The van der Waals surface area contributed by atoms with E-state index in [9.17, 15) is 4.79 Å². The second kappa shape index (κ2) is 7.67. The van der Waals surface area contributed by atoms with Gasteiger partial charge in [0.25, 0.3) is 0 Å². The summed E-state index contributed by atoms with van der Waals surface area (Å²) in [6.45, 7) is 3.70. The van der Waals surface area contributed by atoms with Gasteiger partial charge in [0, 0.05) is 24.5 Å². The second-order valence-electron chi connectivity index (χ2n) is 4.84. The molecule has 0 amide bonds. The fraction of sp³-hybridized carbons (Fsp3) is 0.533. The molecule has 1 aromatic rings. The van der Waals surface area contributed by atoms with Gasteiger partial charge in [-0.1, -0.05) is 12.1 Å². The summed E-state index contributed by atoms with van der Waals surface area (Å²) in [6.07, 6.45) is 3.10. The van der Waals surface area contributed by atoms with E-state index in [-0.39, 0.29) is 12.0 Å². The molecule has 0 radical (unpaired) electrons. The molecule has 2 rings (SSSR count). The predicted molar refractivity (Wildman–Crippen MR) is 82.0 cm³/mol. The molecule has 1 aliphatic rings. The van der Waals surface area contributed by atoms with Gasteiger partial charge in [0.05, 0.1) is 7.11 Å². The summed E-state index contributed by atoms with van der Waals surface area (Å²) in [7, 11) is 1.46. The Hall–Kier alpha value is -1.04. The molecular weight excluding hydrogens is 272 g/mol. The van der Waals surface area contributed by atoms with Gasteiger partial charge >= 0.3 is 5.97 Å². The Labute approximate surface area is 124 Å². The fourth-order valence-corrected chi connectivity index (χ4v) is 2.93. The van der Waals surface area contributed by atoms with Crippen molar-refractivity contribution in [2.75, 3.05) is 39.5 Å². The molecular formula is C15H22N2O2S. The van der Waals surface area contributed by atoms with Gasteiger partial charge in [0.2, 0.25) is 0 Å². The average molecular weight is 294 g/mol. The molecule has 0 saturated carbocycles. The van der Waals surface area contributed by atoms with Crippen molar-refractivity contribution < 1.29 is 9.53 Å². The lowest BCUT2D eigenvalue weighted by molar-refractivity contribution is -0.147. The van der Waals surface area contributed by atoms with Crippen LogP contribution in [0.25, 0.3) is 0 Å². The number of thioether (sulfide) groups is 1. The lowest BCUT2D eigenvalue weighted by atomic mass is 10.1. The van der Waals surface area contributed by atoms with Crippen LogP contribution in [0.15, 0.2) is 29.2 Å². The minimum Gasteiger partial charge on any atom is -0.468 e. The number of esters is 1. The van der Waals surface area contributed by atoms with E-state index < -0.39 is 0 Å². The maximum Gasteiger partial charge on any atom is 0.327 e. The van der Waals surface area contributed by atoms with Gasteiger partial charge in [0.1, 0.15) is 6.04 Å². The van der Waals surface area contributed by atoms with Crippen LogP contribution in [-0.4, -0.2) is 50.4 Å². The maximum atomic E-state index is 12.2. The molecule has 1 fully saturated rings. The smallest absolute Gasteiger partial charge is 0.327 e. The first kappa shape index (κ1) is 15.4. The number of nitrogens with one attached hydrogen (secondary N) is 1. The van der Waals surface area contributed by atoms with E-state index in [1.807, 2.05) is 18.4 Å². The summed E-state index contributed by atoms with van der Waals surface area (Å²) in [5, 5.41) is 3.36. The second-order valence-corrected chi connectivity index (χ2v) is 5.72. The fourth-order valence-electron chi connectivity index (χ4n) is 2.52. The predicted octanol–water partition coefficient (Wildman–Crippen LogP) is 1.92. The van der Waals surface area contributed by atoms with Crippen LogP contribution < -0.4 is 5.32 Å². The first-order valence-corrected chi connectivity index (χ1v) is 8.15. The van der Waals surface area contributed by atoms with Crippen molar-refractivity contribution >= 4 is 17.7 Å². The number of benzene rings is 1. The molecule has 0 bridgehead atoms. The minimum atomic E-state index is -0.296. The Bertz CT molecular complexity index is 428. The Morgan fingerprint density at radius 2 is 2.05 bits per heavy atom. The maximum absolute atomic E-state index is 12.2. The number of rotatable bonds is 4. The molecule has 1 heterocycles. The van der Waals surface area contributed by atoms with Gasteiger partial charge < -0.3 is 10.1 Å². The van der Waals surface area contributed by atoms with Crippen molar-refractivity contribution in [2.45, 2.75) is 17.4 Å². The van der Waals surface area contributed by atoms with Crippen LogP contribution in [-0.2, 0) is 9.53 Å². The van der Waals surface area contributed by atoms with Crippen LogP contribution in [0, 0.1) is 0 Å². The van der Waals surface area contributed by atoms with Crippen LogP contribution in [0.1, 0.15) is 18.0 Å². The molecule has 1 aliphatic heterocycles. The molecule has 20 heavy (non-hydrogen) atoms. The van der Waals surface area contributed by atoms with Gasteiger partial charge in [-0.2, -0.15) is 0 Å². The van der Waals surface area contributed by atoms with Gasteiger partial charge in [-0.25, -0.2) is 4.79 Å². The molecule has 1 atom stereocenters. The zero-order valence-corrected chi connectivity index (χ0v) is 12.9. The van der Waals surface area contributed by atoms with Crippen LogP contribution in [0.3, 0.4) is 0 Å². The zero-order valence-electron chi connectivity index (χ0n) is 12.1. The Morgan fingerprint density at radius 1 is 1.30 bits per heavy atom. The summed E-state index contributed by atoms with van der Waals surface area (Å²) >= 11 is 1.70. The average Bonchev–Trinajstić information content (AvgIpc) is 2.77. The summed E-state index contributed by atoms with van der Waals surface area (Å²) in [5.41, 5.74) is 1.01. The van der Waals surface area contributed by atoms with Crippen LogP contribution in [0.5, 0.6) is 0 Å². The summed E-state index contributed by atoms with van der Waals surface area (Å²) in [6, 6.07) is 7.89. The molecule has 1 aromatic carbocycles. The molecule has 1 unspecified atom stereocenters.